The minimum Gasteiger partial charge on any atom is -0.444 e. The number of hydrogen-bond acceptors (Lipinski definition) is 5. The Morgan fingerprint density at radius 2 is 1.63 bits per heavy atom. The third-order valence-electron chi connectivity index (χ3n) is 8.12. The molecule has 0 radical (unpaired) electrons. The van der Waals surface area contributed by atoms with E-state index in [4.69, 9.17) is 14.7 Å². The molecule has 3 heterocycles. The Morgan fingerprint density at radius 3 is 2.21 bits per heavy atom. The highest BCUT2D eigenvalue weighted by atomic mass is 28.3. The second-order valence-corrected chi connectivity index (χ2v) is 16.7. The van der Waals surface area contributed by atoms with Crippen LogP contribution in [0.4, 0.5) is 4.79 Å². The molecule has 43 heavy (non-hydrogen) atoms. The molecule has 8 nitrogen and oxygen atoms in total. The lowest BCUT2D eigenvalue weighted by atomic mass is 10.00. The van der Waals surface area contributed by atoms with Crippen LogP contribution in [-0.2, 0) is 4.74 Å². The van der Waals surface area contributed by atoms with Gasteiger partial charge in [0.25, 0.3) is 0 Å². The van der Waals surface area contributed by atoms with Crippen molar-refractivity contribution in [2.75, 3.05) is 6.54 Å². The Hall–Kier alpha value is -3.69. The normalized spacial score (nSPS) is 17.8. The number of ether oxygens (including phenoxy) is 1. The molecule has 1 amide bonds. The van der Waals surface area contributed by atoms with Gasteiger partial charge in [0.05, 0.1) is 23.5 Å². The van der Waals surface area contributed by atoms with Crippen LogP contribution in [0.5, 0.6) is 0 Å². The predicted octanol–water partition coefficient (Wildman–Crippen LogP) is 7.49. The molecular formula is C34H44N6O2Si. The van der Waals surface area contributed by atoms with E-state index in [2.05, 4.69) is 82.2 Å². The quantitative estimate of drug-likeness (QED) is 0.150. The van der Waals surface area contributed by atoms with E-state index in [1.807, 2.05) is 27.0 Å². The van der Waals surface area contributed by atoms with Crippen LogP contribution in [-0.4, -0.2) is 47.0 Å². The number of benzene rings is 2. The Bertz CT molecular complexity index is 1540. The molecule has 1 aliphatic heterocycles. The van der Waals surface area contributed by atoms with Crippen LogP contribution in [0.3, 0.4) is 0 Å². The van der Waals surface area contributed by atoms with E-state index in [0.717, 1.165) is 53.2 Å². The molecular weight excluding hydrogens is 553 g/mol. The largest absolute Gasteiger partial charge is 0.444 e. The van der Waals surface area contributed by atoms with Gasteiger partial charge in [0.15, 0.2) is 0 Å². The molecule has 0 unspecified atom stereocenters. The molecule has 0 spiro atoms. The lowest BCUT2D eigenvalue weighted by Gasteiger charge is -2.23. The van der Waals surface area contributed by atoms with Gasteiger partial charge in [-0.05, 0) is 70.2 Å². The van der Waals surface area contributed by atoms with Crippen LogP contribution in [0.25, 0.3) is 33.6 Å². The topological polar surface area (TPSA) is 108 Å². The van der Waals surface area contributed by atoms with Gasteiger partial charge in [0.2, 0.25) is 0 Å². The first-order valence-electron chi connectivity index (χ1n) is 15.7. The highest BCUT2D eigenvalue weighted by molar-refractivity contribution is 6.55. The standard InChI is InChI=1S/C34H44N6O2Si/c1-34(2,3)42-33(41)38-28(20-43(4)5)31-36-19-27(37-31)23-12-8-21(9-13-23)22-10-14-24(15-11-22)29-30(25-16-17-25)40-32(39-29)26-7-6-18-35-26/h8-15,19,25-26,28,35,43H,6-7,16-18,20H2,1-5H3,(H,36,37)(H,38,41)(H,39,40)/t26-,28-/m0/s1. The van der Waals surface area contributed by atoms with Crippen molar-refractivity contribution >= 4 is 14.9 Å². The number of imidazole rings is 2. The maximum absolute atomic E-state index is 12.5. The van der Waals surface area contributed by atoms with E-state index < -0.39 is 20.5 Å². The van der Waals surface area contributed by atoms with Crippen molar-refractivity contribution in [2.24, 2.45) is 0 Å². The maximum Gasteiger partial charge on any atom is 0.408 e. The molecule has 2 aliphatic rings. The molecule has 0 bridgehead atoms. The van der Waals surface area contributed by atoms with E-state index in [9.17, 15) is 4.79 Å². The highest BCUT2D eigenvalue weighted by Gasteiger charge is 2.31. The van der Waals surface area contributed by atoms with Crippen LogP contribution in [0, 0.1) is 0 Å². The number of H-pyrrole nitrogens is 2. The lowest BCUT2D eigenvalue weighted by molar-refractivity contribution is 0.0506. The fraction of sp³-hybridized carbons (Fsp3) is 0.441. The van der Waals surface area contributed by atoms with E-state index >= 15 is 0 Å². The van der Waals surface area contributed by atoms with Crippen LogP contribution in [0.1, 0.15) is 81.8 Å². The molecule has 2 atom stereocenters. The molecule has 9 heteroatoms. The smallest absolute Gasteiger partial charge is 0.408 e. The van der Waals surface area contributed by atoms with Gasteiger partial charge in [-0.1, -0.05) is 61.6 Å². The number of aromatic amines is 2. The van der Waals surface area contributed by atoms with Gasteiger partial charge in [-0.15, -0.1) is 0 Å². The Kier molecular flexibility index (Phi) is 8.29. The summed E-state index contributed by atoms with van der Waals surface area (Å²) in [6, 6.07) is 18.3. The van der Waals surface area contributed by atoms with E-state index in [1.165, 1.54) is 36.1 Å². The summed E-state index contributed by atoms with van der Waals surface area (Å²) in [6.45, 7) is 11.2. The van der Waals surface area contributed by atoms with Gasteiger partial charge in [0.1, 0.15) is 17.2 Å². The Labute approximate surface area is 256 Å². The Balaban J connectivity index is 1.16. The summed E-state index contributed by atoms with van der Waals surface area (Å²) in [5.74, 6) is 2.47. The molecule has 2 fully saturated rings. The number of aromatic nitrogens is 4. The zero-order valence-corrected chi connectivity index (χ0v) is 27.1. The summed E-state index contributed by atoms with van der Waals surface area (Å²) >= 11 is 0. The van der Waals surface area contributed by atoms with Crippen molar-refractivity contribution in [1.29, 1.82) is 0 Å². The van der Waals surface area contributed by atoms with Crippen LogP contribution in [0.15, 0.2) is 54.7 Å². The van der Waals surface area contributed by atoms with Gasteiger partial charge >= 0.3 is 6.09 Å². The van der Waals surface area contributed by atoms with Gasteiger partial charge in [-0.25, -0.2) is 14.8 Å². The number of hydrogen-bond donors (Lipinski definition) is 4. The number of amides is 1. The summed E-state index contributed by atoms with van der Waals surface area (Å²) in [7, 11) is -0.989. The van der Waals surface area contributed by atoms with E-state index in [0.29, 0.717) is 12.0 Å². The lowest BCUT2D eigenvalue weighted by Crippen LogP contribution is -2.36. The zero-order valence-electron chi connectivity index (χ0n) is 26.0. The number of nitrogens with zero attached hydrogens (tertiary/aromatic N) is 2. The third-order valence-corrected chi connectivity index (χ3v) is 9.54. The van der Waals surface area contributed by atoms with Gasteiger partial charge < -0.3 is 25.3 Å². The summed E-state index contributed by atoms with van der Waals surface area (Å²) in [4.78, 5) is 29.5. The fourth-order valence-corrected chi connectivity index (χ4v) is 7.14. The first kappa shape index (κ1) is 29.4. The molecule has 1 saturated carbocycles. The minimum absolute atomic E-state index is 0.200. The van der Waals surface area contributed by atoms with Crippen molar-refractivity contribution in [3.8, 4) is 33.6 Å². The van der Waals surface area contributed by atoms with Gasteiger partial charge in [-0.3, -0.25) is 0 Å². The number of nitrogens with one attached hydrogen (secondary N) is 4. The number of carbonyl (C=O) groups is 1. The molecule has 4 aromatic rings. The first-order valence-corrected chi connectivity index (χ1v) is 18.8. The molecule has 2 aromatic carbocycles. The molecule has 1 aliphatic carbocycles. The number of alkyl carbamates (subject to hydrolysis) is 1. The Morgan fingerprint density at radius 1 is 0.977 bits per heavy atom. The molecule has 2 aromatic heterocycles. The van der Waals surface area contributed by atoms with Crippen molar-refractivity contribution in [3.63, 3.8) is 0 Å². The summed E-state index contributed by atoms with van der Waals surface area (Å²) in [5, 5.41) is 6.61. The first-order chi connectivity index (χ1) is 20.6. The fourth-order valence-electron chi connectivity index (χ4n) is 5.85. The summed E-state index contributed by atoms with van der Waals surface area (Å²) in [5.41, 5.74) is 7.25. The van der Waals surface area contributed by atoms with Crippen LogP contribution in [0.2, 0.25) is 19.1 Å². The van der Waals surface area contributed by atoms with Crippen LogP contribution >= 0.6 is 0 Å². The van der Waals surface area contributed by atoms with Crippen molar-refractivity contribution < 1.29 is 9.53 Å². The van der Waals surface area contributed by atoms with Crippen molar-refractivity contribution in [2.45, 2.75) is 89.2 Å². The molecule has 6 rings (SSSR count). The third kappa shape index (κ3) is 7.10. The SMILES string of the molecule is C[SiH](C)C[C@H](NC(=O)OC(C)(C)C)c1nc(-c2ccc(-c3ccc(-c4nc([C@@H]5CCCN5)[nH]c4C4CC4)cc3)cc2)c[nH]1. The second-order valence-electron chi connectivity index (χ2n) is 13.5. The second kappa shape index (κ2) is 12.1. The van der Waals surface area contributed by atoms with Crippen molar-refractivity contribution in [1.82, 2.24) is 30.6 Å². The highest BCUT2D eigenvalue weighted by Crippen LogP contribution is 2.44. The van der Waals surface area contributed by atoms with E-state index in [-0.39, 0.29) is 6.04 Å². The van der Waals surface area contributed by atoms with Crippen LogP contribution < -0.4 is 10.6 Å². The van der Waals surface area contributed by atoms with Crippen molar-refractivity contribution in [3.05, 3.63) is 72.1 Å². The minimum atomic E-state index is -0.989. The number of rotatable bonds is 9. The average Bonchev–Trinajstić information content (AvgIpc) is 3.34. The van der Waals surface area contributed by atoms with Gasteiger partial charge in [0, 0.05) is 37.7 Å². The zero-order chi connectivity index (χ0) is 30.1. The molecule has 226 valence electrons. The van der Waals surface area contributed by atoms with E-state index in [1.54, 1.807) is 0 Å². The maximum atomic E-state index is 12.5. The molecule has 4 N–H and O–H groups in total. The molecule has 1 saturated heterocycles. The monoisotopic (exact) mass is 596 g/mol. The average molecular weight is 597 g/mol. The number of carbonyl (C=O) groups excluding carboxylic acids is 1. The van der Waals surface area contributed by atoms with Gasteiger partial charge in [-0.2, -0.15) is 0 Å². The summed E-state index contributed by atoms with van der Waals surface area (Å²) in [6.07, 6.45) is 6.35. The predicted molar refractivity (Wildman–Crippen MR) is 175 cm³/mol. The summed E-state index contributed by atoms with van der Waals surface area (Å²) < 4.78 is 5.51.